The lowest BCUT2D eigenvalue weighted by Crippen LogP contribution is -2.54. The van der Waals surface area contributed by atoms with Crippen molar-refractivity contribution in [2.75, 3.05) is 45.0 Å². The van der Waals surface area contributed by atoms with E-state index < -0.39 is 10.0 Å². The Morgan fingerprint density at radius 1 is 1.14 bits per heavy atom. The first-order valence-electron chi connectivity index (χ1n) is 8.35. The predicted octanol–water partition coefficient (Wildman–Crippen LogP) is 0.601. The molecule has 0 aromatic rings. The highest BCUT2D eigenvalue weighted by Gasteiger charge is 2.38. The van der Waals surface area contributed by atoms with E-state index in [0.717, 1.165) is 25.9 Å². The van der Waals surface area contributed by atoms with Crippen LogP contribution < -0.4 is 0 Å². The molecule has 2 aliphatic heterocycles. The second-order valence-electron chi connectivity index (χ2n) is 6.65. The van der Waals surface area contributed by atoms with Crippen molar-refractivity contribution in [2.24, 2.45) is 5.92 Å². The summed E-state index contributed by atoms with van der Waals surface area (Å²) in [4.78, 5) is 16.6. The molecule has 1 unspecified atom stereocenters. The number of carbonyl (C=O) groups is 1. The monoisotopic (exact) mass is 331 g/mol. The minimum absolute atomic E-state index is 0.0429. The molecule has 2 saturated heterocycles. The summed E-state index contributed by atoms with van der Waals surface area (Å²) >= 11 is 0. The largest absolute Gasteiger partial charge is 0.341 e. The molecule has 0 radical (unpaired) electrons. The Labute approximate surface area is 134 Å². The minimum Gasteiger partial charge on any atom is -0.341 e. The van der Waals surface area contributed by atoms with Crippen molar-refractivity contribution in [1.29, 1.82) is 0 Å². The van der Waals surface area contributed by atoms with Crippen molar-refractivity contribution in [3.63, 3.8) is 0 Å². The third-order valence-electron chi connectivity index (χ3n) is 4.72. The van der Waals surface area contributed by atoms with E-state index in [4.69, 9.17) is 0 Å². The lowest BCUT2D eigenvalue weighted by atomic mass is 10.1. The summed E-state index contributed by atoms with van der Waals surface area (Å²) in [5.74, 6) is 0.986. The highest BCUT2D eigenvalue weighted by molar-refractivity contribution is 7.89. The van der Waals surface area contributed by atoms with E-state index in [1.807, 2.05) is 4.90 Å². The smallest absolute Gasteiger partial charge is 0.239 e. The zero-order valence-corrected chi connectivity index (χ0v) is 14.8. The van der Waals surface area contributed by atoms with Crippen molar-refractivity contribution in [2.45, 2.75) is 39.7 Å². The first-order chi connectivity index (χ1) is 10.3. The summed E-state index contributed by atoms with van der Waals surface area (Å²) in [6.07, 6.45) is 1.92. The van der Waals surface area contributed by atoms with Crippen LogP contribution in [0, 0.1) is 5.92 Å². The number of amides is 1. The molecule has 7 heteroatoms. The van der Waals surface area contributed by atoms with Gasteiger partial charge in [0.25, 0.3) is 0 Å². The summed E-state index contributed by atoms with van der Waals surface area (Å²) in [5, 5.41) is 0. The van der Waals surface area contributed by atoms with Gasteiger partial charge in [0, 0.05) is 39.3 Å². The Bertz CT molecular complexity index is 484. The van der Waals surface area contributed by atoms with Gasteiger partial charge in [-0.1, -0.05) is 13.8 Å². The quantitative estimate of drug-likeness (QED) is 0.715. The SMILES string of the molecule is CCS(=O)(=O)N1CCN(C2CCN(CCC(C)C)C2=O)CC1. The summed E-state index contributed by atoms with van der Waals surface area (Å²) < 4.78 is 25.3. The van der Waals surface area contributed by atoms with E-state index in [1.165, 1.54) is 0 Å². The van der Waals surface area contributed by atoms with Crippen LogP contribution in [0.3, 0.4) is 0 Å². The van der Waals surface area contributed by atoms with Crippen LogP contribution in [-0.2, 0) is 14.8 Å². The van der Waals surface area contributed by atoms with E-state index in [9.17, 15) is 13.2 Å². The molecule has 1 atom stereocenters. The minimum atomic E-state index is -3.10. The van der Waals surface area contributed by atoms with Crippen molar-refractivity contribution in [3.05, 3.63) is 0 Å². The van der Waals surface area contributed by atoms with Gasteiger partial charge < -0.3 is 4.90 Å². The number of hydrogen-bond acceptors (Lipinski definition) is 4. The lowest BCUT2D eigenvalue weighted by molar-refractivity contribution is -0.132. The fourth-order valence-corrected chi connectivity index (χ4v) is 4.26. The van der Waals surface area contributed by atoms with Crippen molar-refractivity contribution in [3.8, 4) is 0 Å². The average molecular weight is 331 g/mol. The maximum absolute atomic E-state index is 12.5. The van der Waals surface area contributed by atoms with E-state index in [0.29, 0.717) is 32.1 Å². The van der Waals surface area contributed by atoms with Crippen LogP contribution in [0.4, 0.5) is 0 Å². The summed E-state index contributed by atoms with van der Waals surface area (Å²) in [6, 6.07) is -0.0429. The van der Waals surface area contributed by atoms with Gasteiger partial charge in [-0.2, -0.15) is 4.31 Å². The number of rotatable bonds is 6. The number of piperazine rings is 1. The molecule has 2 rings (SSSR count). The van der Waals surface area contributed by atoms with Gasteiger partial charge in [-0.05, 0) is 25.7 Å². The van der Waals surface area contributed by atoms with Gasteiger partial charge in [-0.15, -0.1) is 0 Å². The maximum Gasteiger partial charge on any atom is 0.239 e. The Kier molecular flexibility index (Phi) is 5.85. The summed E-state index contributed by atoms with van der Waals surface area (Å²) in [7, 11) is -3.10. The normalized spacial score (nSPS) is 25.4. The van der Waals surface area contributed by atoms with Crippen LogP contribution in [0.25, 0.3) is 0 Å². The van der Waals surface area contributed by atoms with E-state index >= 15 is 0 Å². The topological polar surface area (TPSA) is 60.9 Å². The van der Waals surface area contributed by atoms with E-state index in [1.54, 1.807) is 11.2 Å². The van der Waals surface area contributed by atoms with Gasteiger partial charge in [0.2, 0.25) is 15.9 Å². The fraction of sp³-hybridized carbons (Fsp3) is 0.933. The average Bonchev–Trinajstić information content (AvgIpc) is 2.86. The number of sulfonamides is 1. The third kappa shape index (κ3) is 4.00. The molecule has 0 spiro atoms. The molecular weight excluding hydrogens is 302 g/mol. The molecule has 2 heterocycles. The third-order valence-corrected chi connectivity index (χ3v) is 6.60. The Balaban J connectivity index is 1.86. The zero-order valence-electron chi connectivity index (χ0n) is 14.0. The summed E-state index contributed by atoms with van der Waals surface area (Å²) in [5.41, 5.74) is 0. The molecule has 22 heavy (non-hydrogen) atoms. The predicted molar refractivity (Wildman–Crippen MR) is 87.0 cm³/mol. The van der Waals surface area contributed by atoms with Crippen molar-refractivity contribution < 1.29 is 13.2 Å². The molecule has 0 aromatic heterocycles. The van der Waals surface area contributed by atoms with Gasteiger partial charge in [-0.25, -0.2) is 8.42 Å². The van der Waals surface area contributed by atoms with Crippen LogP contribution in [0.1, 0.15) is 33.6 Å². The van der Waals surface area contributed by atoms with E-state index in [-0.39, 0.29) is 17.7 Å². The highest BCUT2D eigenvalue weighted by Crippen LogP contribution is 2.20. The number of likely N-dealkylation sites (tertiary alicyclic amines) is 1. The fourth-order valence-electron chi connectivity index (χ4n) is 3.17. The molecule has 6 nitrogen and oxygen atoms in total. The van der Waals surface area contributed by atoms with Gasteiger partial charge in [0.15, 0.2) is 0 Å². The molecule has 0 aromatic carbocycles. The van der Waals surface area contributed by atoms with Gasteiger partial charge in [-0.3, -0.25) is 9.69 Å². The maximum atomic E-state index is 12.5. The Morgan fingerprint density at radius 2 is 1.77 bits per heavy atom. The van der Waals surface area contributed by atoms with Crippen molar-refractivity contribution in [1.82, 2.24) is 14.1 Å². The second kappa shape index (κ2) is 7.27. The number of carbonyl (C=O) groups excluding carboxylic acids is 1. The van der Waals surface area contributed by atoms with Crippen LogP contribution >= 0.6 is 0 Å². The van der Waals surface area contributed by atoms with E-state index in [2.05, 4.69) is 18.7 Å². The molecule has 0 saturated carbocycles. The molecular formula is C15H29N3O3S. The zero-order chi connectivity index (χ0) is 16.3. The molecule has 0 N–H and O–H groups in total. The Hall–Kier alpha value is -0.660. The first-order valence-corrected chi connectivity index (χ1v) is 9.96. The lowest BCUT2D eigenvalue weighted by Gasteiger charge is -2.36. The standard InChI is InChI=1S/C15H29N3O3S/c1-4-22(20,21)18-11-9-16(10-12-18)14-6-8-17(15(14)19)7-5-13(2)3/h13-14H,4-12H2,1-3H3. The first kappa shape index (κ1) is 17.7. The van der Waals surface area contributed by atoms with Crippen LogP contribution in [0.15, 0.2) is 0 Å². The van der Waals surface area contributed by atoms with Crippen LogP contribution in [0.5, 0.6) is 0 Å². The molecule has 2 fully saturated rings. The molecule has 128 valence electrons. The Morgan fingerprint density at radius 3 is 2.32 bits per heavy atom. The highest BCUT2D eigenvalue weighted by atomic mass is 32.2. The van der Waals surface area contributed by atoms with Crippen LogP contribution in [-0.4, -0.2) is 79.5 Å². The number of hydrogen-bond donors (Lipinski definition) is 0. The van der Waals surface area contributed by atoms with Gasteiger partial charge >= 0.3 is 0 Å². The molecule has 2 aliphatic rings. The molecule has 1 amide bonds. The number of nitrogens with zero attached hydrogens (tertiary/aromatic N) is 3. The van der Waals surface area contributed by atoms with Gasteiger partial charge in [0.05, 0.1) is 11.8 Å². The molecule has 0 bridgehead atoms. The molecule has 0 aliphatic carbocycles. The van der Waals surface area contributed by atoms with Crippen molar-refractivity contribution >= 4 is 15.9 Å². The van der Waals surface area contributed by atoms with Gasteiger partial charge in [0.1, 0.15) is 0 Å². The second-order valence-corrected chi connectivity index (χ2v) is 8.91. The summed E-state index contributed by atoms with van der Waals surface area (Å²) in [6.45, 7) is 10.0. The van der Waals surface area contributed by atoms with Crippen LogP contribution in [0.2, 0.25) is 0 Å².